The molecule has 0 N–H and O–H groups in total. The van der Waals surface area contributed by atoms with Crippen LogP contribution in [0.2, 0.25) is 5.04 Å². The predicted octanol–water partition coefficient (Wildman–Crippen LogP) is 7.53. The lowest BCUT2D eigenvalue weighted by molar-refractivity contribution is -0.0206. The van der Waals surface area contributed by atoms with Crippen molar-refractivity contribution in [3.05, 3.63) is 163 Å². The van der Waals surface area contributed by atoms with E-state index in [2.05, 4.69) is 45.0 Å². The molecule has 0 bridgehead atoms. The highest BCUT2D eigenvalue weighted by Gasteiger charge is 2.57. The third-order valence-corrected chi connectivity index (χ3v) is 14.8. The minimum absolute atomic E-state index is 0.0954. The fraction of sp³-hybridized carbons (Fsp3) is 0.220. The van der Waals surface area contributed by atoms with Crippen molar-refractivity contribution in [2.24, 2.45) is 0 Å². The first-order valence-corrected chi connectivity index (χ1v) is 19.2. The van der Waals surface area contributed by atoms with Crippen LogP contribution in [-0.4, -0.2) is 50.6 Å². The number of hydrogen-bond donors (Lipinski definition) is 0. The van der Waals surface area contributed by atoms with Crippen molar-refractivity contribution < 1.29 is 28.2 Å². The molecule has 0 unspecified atom stereocenters. The van der Waals surface area contributed by atoms with Crippen LogP contribution in [0, 0.1) is 0 Å². The standard InChI is InChI=1S/C41H40O6SSi/c1-41(2,3)49(33-25-15-7-16-26-33,34-27-17-8-18-28-34)47-36-35(29-44-38(42)30-19-9-4-10-20-30)45-40(48-32-23-13-6-14-24-32)37(36)46-39(43)31-21-11-5-12-22-31/h4-28,35-37,40H,29H2,1-3H3/t35-,36-,37+,40-/m1/s1. The van der Waals surface area contributed by atoms with Crippen molar-refractivity contribution in [1.82, 2.24) is 0 Å². The largest absolute Gasteiger partial charge is 0.459 e. The second-order valence-electron chi connectivity index (χ2n) is 12.9. The second-order valence-corrected chi connectivity index (χ2v) is 18.3. The molecule has 0 amide bonds. The van der Waals surface area contributed by atoms with E-state index in [4.69, 9.17) is 18.6 Å². The van der Waals surface area contributed by atoms with Crippen LogP contribution >= 0.6 is 11.8 Å². The summed E-state index contributed by atoms with van der Waals surface area (Å²) >= 11 is 1.46. The zero-order valence-electron chi connectivity index (χ0n) is 27.8. The summed E-state index contributed by atoms with van der Waals surface area (Å²) in [5.41, 5.74) is 0.208. The highest BCUT2D eigenvalue weighted by Crippen LogP contribution is 2.43. The van der Waals surface area contributed by atoms with E-state index in [1.165, 1.54) is 11.8 Å². The van der Waals surface area contributed by atoms with Gasteiger partial charge in [-0.05, 0) is 51.8 Å². The number of carbonyl (C=O) groups is 2. The van der Waals surface area contributed by atoms with Crippen molar-refractivity contribution in [2.75, 3.05) is 6.61 Å². The van der Waals surface area contributed by atoms with Gasteiger partial charge in [-0.2, -0.15) is 0 Å². The van der Waals surface area contributed by atoms with Crippen LogP contribution in [0.1, 0.15) is 41.5 Å². The monoisotopic (exact) mass is 688 g/mol. The van der Waals surface area contributed by atoms with Crippen LogP contribution in [0.15, 0.2) is 157 Å². The van der Waals surface area contributed by atoms with Crippen LogP contribution in [0.25, 0.3) is 0 Å². The minimum atomic E-state index is -3.19. The molecule has 8 heteroatoms. The van der Waals surface area contributed by atoms with Gasteiger partial charge in [0.2, 0.25) is 0 Å². The Kier molecular flexibility index (Phi) is 10.8. The van der Waals surface area contributed by atoms with Gasteiger partial charge in [-0.15, -0.1) is 0 Å². The average Bonchev–Trinajstić information content (AvgIpc) is 3.45. The zero-order valence-corrected chi connectivity index (χ0v) is 29.6. The maximum Gasteiger partial charge on any atom is 0.338 e. The van der Waals surface area contributed by atoms with E-state index in [0.717, 1.165) is 15.3 Å². The smallest absolute Gasteiger partial charge is 0.338 e. The Labute approximate surface area is 293 Å². The Morgan fingerprint density at radius 1 is 0.633 bits per heavy atom. The molecule has 4 atom stereocenters. The van der Waals surface area contributed by atoms with E-state index in [9.17, 15) is 9.59 Å². The van der Waals surface area contributed by atoms with Crippen LogP contribution in [0.4, 0.5) is 0 Å². The van der Waals surface area contributed by atoms with Crippen molar-refractivity contribution in [3.8, 4) is 0 Å². The molecule has 1 aliphatic rings. The molecule has 1 fully saturated rings. The number of carbonyl (C=O) groups excluding carboxylic acids is 2. The lowest BCUT2D eigenvalue weighted by atomic mass is 10.1. The van der Waals surface area contributed by atoms with Gasteiger partial charge in [-0.1, -0.05) is 148 Å². The first-order valence-electron chi connectivity index (χ1n) is 16.4. The third kappa shape index (κ3) is 7.73. The number of hydrogen-bond acceptors (Lipinski definition) is 7. The molecule has 0 saturated carbocycles. The molecule has 6 rings (SSSR count). The molecular formula is C41H40O6SSi. The van der Waals surface area contributed by atoms with E-state index in [0.29, 0.717) is 11.1 Å². The first kappa shape index (κ1) is 34.4. The van der Waals surface area contributed by atoms with Crippen LogP contribution in [0.5, 0.6) is 0 Å². The summed E-state index contributed by atoms with van der Waals surface area (Å²) in [5.74, 6) is -0.948. The number of thioether (sulfide) groups is 1. The lowest BCUT2D eigenvalue weighted by Gasteiger charge is -2.45. The van der Waals surface area contributed by atoms with Crippen LogP contribution < -0.4 is 10.4 Å². The van der Waals surface area contributed by atoms with Gasteiger partial charge in [-0.25, -0.2) is 9.59 Å². The highest BCUT2D eigenvalue weighted by molar-refractivity contribution is 7.99. The van der Waals surface area contributed by atoms with E-state index < -0.39 is 44.0 Å². The molecule has 5 aromatic rings. The van der Waals surface area contributed by atoms with Gasteiger partial charge in [0, 0.05) is 4.90 Å². The molecule has 1 aliphatic heterocycles. The number of benzene rings is 5. The molecule has 5 aromatic carbocycles. The van der Waals surface area contributed by atoms with Gasteiger partial charge < -0.3 is 18.6 Å². The van der Waals surface area contributed by atoms with Gasteiger partial charge in [0.25, 0.3) is 8.32 Å². The van der Waals surface area contributed by atoms with Gasteiger partial charge in [0.1, 0.15) is 24.3 Å². The zero-order chi connectivity index (χ0) is 34.3. The molecular weight excluding hydrogens is 649 g/mol. The fourth-order valence-corrected chi connectivity index (χ4v) is 12.1. The fourth-order valence-electron chi connectivity index (χ4n) is 6.30. The molecule has 1 saturated heterocycles. The molecule has 0 radical (unpaired) electrons. The molecule has 0 spiro atoms. The summed E-state index contributed by atoms with van der Waals surface area (Å²) in [5, 5.41) is 1.77. The Hall–Kier alpha value is -4.47. The van der Waals surface area contributed by atoms with Gasteiger partial charge in [0.05, 0.1) is 11.1 Å². The molecule has 6 nitrogen and oxygen atoms in total. The number of rotatable bonds is 11. The average molecular weight is 689 g/mol. The summed E-state index contributed by atoms with van der Waals surface area (Å²) in [4.78, 5) is 27.9. The normalized spacial score (nSPS) is 19.2. The minimum Gasteiger partial charge on any atom is -0.459 e. The summed E-state index contributed by atoms with van der Waals surface area (Å²) < 4.78 is 26.7. The summed E-state index contributed by atoms with van der Waals surface area (Å²) in [7, 11) is -3.19. The Balaban J connectivity index is 1.46. The van der Waals surface area contributed by atoms with E-state index in [1.807, 2.05) is 78.9 Å². The van der Waals surface area contributed by atoms with Crippen molar-refractivity contribution in [3.63, 3.8) is 0 Å². The van der Waals surface area contributed by atoms with E-state index in [-0.39, 0.29) is 11.6 Å². The predicted molar refractivity (Wildman–Crippen MR) is 196 cm³/mol. The van der Waals surface area contributed by atoms with Crippen LogP contribution in [0.3, 0.4) is 0 Å². The quantitative estimate of drug-likeness (QED) is 0.105. The summed E-state index contributed by atoms with van der Waals surface area (Å²) in [6.07, 6.45) is -2.38. The topological polar surface area (TPSA) is 71.1 Å². The van der Waals surface area contributed by atoms with E-state index in [1.54, 1.807) is 48.5 Å². The van der Waals surface area contributed by atoms with Crippen LogP contribution in [-0.2, 0) is 18.6 Å². The number of ether oxygens (including phenoxy) is 3. The molecule has 250 valence electrons. The lowest BCUT2D eigenvalue weighted by Crippen LogP contribution is -2.69. The molecule has 1 heterocycles. The summed E-state index contributed by atoms with van der Waals surface area (Å²) in [6.45, 7) is 6.49. The summed E-state index contributed by atoms with van der Waals surface area (Å²) in [6, 6.07) is 48.2. The highest BCUT2D eigenvalue weighted by atomic mass is 32.2. The molecule has 0 aromatic heterocycles. The number of esters is 2. The molecule has 49 heavy (non-hydrogen) atoms. The van der Waals surface area contributed by atoms with E-state index >= 15 is 0 Å². The van der Waals surface area contributed by atoms with Crippen molar-refractivity contribution in [2.45, 2.75) is 54.5 Å². The second kappa shape index (κ2) is 15.4. The molecule has 0 aliphatic carbocycles. The third-order valence-electron chi connectivity index (χ3n) is 8.63. The Morgan fingerprint density at radius 2 is 1.08 bits per heavy atom. The van der Waals surface area contributed by atoms with Gasteiger partial charge >= 0.3 is 11.9 Å². The van der Waals surface area contributed by atoms with Gasteiger partial charge in [0.15, 0.2) is 6.10 Å². The van der Waals surface area contributed by atoms with Crippen molar-refractivity contribution >= 4 is 42.4 Å². The first-order chi connectivity index (χ1) is 23.8. The maximum atomic E-state index is 13.8. The Bertz CT molecular complexity index is 1760. The van der Waals surface area contributed by atoms with Crippen molar-refractivity contribution in [1.29, 1.82) is 0 Å². The van der Waals surface area contributed by atoms with Gasteiger partial charge in [-0.3, -0.25) is 0 Å². The Morgan fingerprint density at radius 3 is 1.57 bits per heavy atom. The SMILES string of the molecule is CC(C)(C)[Si](O[C@H]1[C@H](OC(=O)c2ccccc2)[C@@H](Sc2ccccc2)O[C@@H]1COC(=O)c1ccccc1)(c1ccccc1)c1ccccc1. The maximum absolute atomic E-state index is 13.8.